The van der Waals surface area contributed by atoms with Gasteiger partial charge in [0.05, 0.1) is 0 Å². The Bertz CT molecular complexity index is 215. The van der Waals surface area contributed by atoms with Crippen molar-refractivity contribution in [3.8, 4) is 0 Å². The second-order valence-electron chi connectivity index (χ2n) is 9.53. The highest BCUT2D eigenvalue weighted by atomic mass is 15.2. The number of hydrogen-bond donors (Lipinski definition) is 1. The van der Waals surface area contributed by atoms with Crippen molar-refractivity contribution in [1.29, 1.82) is 0 Å². The molecule has 0 spiro atoms. The first-order chi connectivity index (χ1) is 7.86. The molecular formula is C19H48N2. The Hall–Kier alpha value is -0.0800. The molecule has 0 amide bonds. The van der Waals surface area contributed by atoms with Gasteiger partial charge < -0.3 is 5.32 Å². The second-order valence-corrected chi connectivity index (χ2v) is 9.53. The summed E-state index contributed by atoms with van der Waals surface area (Å²) in [5.41, 5.74) is 1.02. The Morgan fingerprint density at radius 3 is 0.714 bits per heavy atom. The molecule has 21 heavy (non-hydrogen) atoms. The molecule has 2 nitrogen and oxygen atoms in total. The first-order valence-electron chi connectivity index (χ1n) is 7.39. The van der Waals surface area contributed by atoms with Crippen molar-refractivity contribution in [3.05, 3.63) is 0 Å². The fourth-order valence-corrected chi connectivity index (χ4v) is 2.13. The minimum absolute atomic E-state index is 0. The lowest BCUT2D eigenvalue weighted by Gasteiger charge is -2.42. The van der Waals surface area contributed by atoms with Crippen molar-refractivity contribution in [3.63, 3.8) is 0 Å². The van der Waals surface area contributed by atoms with Gasteiger partial charge in [0, 0.05) is 22.2 Å². The number of rotatable bonds is 0. The zero-order chi connectivity index (χ0) is 16.3. The SMILES string of the molecule is C.C.CC(C)(C)NC(C)(C)C.CN(C(C)(C)C)C(C)(C)C. The van der Waals surface area contributed by atoms with Crippen molar-refractivity contribution in [1.82, 2.24) is 10.2 Å². The molecule has 0 aliphatic carbocycles. The maximum Gasteiger partial charge on any atom is 0.0127 e. The highest BCUT2D eigenvalue weighted by molar-refractivity contribution is 4.83. The van der Waals surface area contributed by atoms with Gasteiger partial charge in [0.2, 0.25) is 0 Å². The molecule has 134 valence electrons. The molecule has 0 heterocycles. The third kappa shape index (κ3) is 19.9. The van der Waals surface area contributed by atoms with Crippen LogP contribution in [-0.2, 0) is 0 Å². The van der Waals surface area contributed by atoms with Crippen molar-refractivity contribution in [2.45, 2.75) is 120 Å². The first-order valence-corrected chi connectivity index (χ1v) is 7.39. The van der Waals surface area contributed by atoms with Gasteiger partial charge in [-0.15, -0.1) is 0 Å². The smallest absolute Gasteiger partial charge is 0.0127 e. The van der Waals surface area contributed by atoms with E-state index in [1.54, 1.807) is 0 Å². The van der Waals surface area contributed by atoms with E-state index in [-0.39, 0.29) is 37.0 Å². The third-order valence-electron chi connectivity index (χ3n) is 2.76. The lowest BCUT2D eigenvalue weighted by atomic mass is 9.98. The summed E-state index contributed by atoms with van der Waals surface area (Å²) in [7, 11) is 2.17. The Labute approximate surface area is 138 Å². The molecule has 0 aromatic heterocycles. The predicted octanol–water partition coefficient (Wildman–Crippen LogP) is 5.96. The van der Waals surface area contributed by atoms with Crippen LogP contribution in [0.25, 0.3) is 0 Å². The summed E-state index contributed by atoms with van der Waals surface area (Å²) in [5, 5.41) is 3.46. The molecule has 0 atom stereocenters. The van der Waals surface area contributed by atoms with Crippen LogP contribution in [-0.4, -0.2) is 34.1 Å². The summed E-state index contributed by atoms with van der Waals surface area (Å²) in [5.74, 6) is 0. The topological polar surface area (TPSA) is 15.3 Å². The van der Waals surface area contributed by atoms with Crippen LogP contribution in [0.5, 0.6) is 0 Å². The monoisotopic (exact) mass is 304 g/mol. The van der Waals surface area contributed by atoms with Gasteiger partial charge in [-0.2, -0.15) is 0 Å². The van der Waals surface area contributed by atoms with E-state index in [4.69, 9.17) is 0 Å². The Morgan fingerprint density at radius 2 is 0.714 bits per heavy atom. The van der Waals surface area contributed by atoms with E-state index >= 15 is 0 Å². The van der Waals surface area contributed by atoms with Crippen molar-refractivity contribution < 1.29 is 0 Å². The van der Waals surface area contributed by atoms with Gasteiger partial charge in [0.15, 0.2) is 0 Å². The highest BCUT2D eigenvalue weighted by Gasteiger charge is 2.26. The van der Waals surface area contributed by atoms with Crippen molar-refractivity contribution in [2.24, 2.45) is 0 Å². The van der Waals surface area contributed by atoms with Crippen LogP contribution in [0.15, 0.2) is 0 Å². The summed E-state index contributed by atoms with van der Waals surface area (Å²) in [6, 6.07) is 0. The standard InChI is InChI=1S/C9H21N.C8H19N.2CH4/c1-8(2,3)10(7)9(4,5)6;1-7(2,3)9-8(4,5)6;;/h1-7H3;9H,1-6H3;2*1H4. The average Bonchev–Trinajstić information content (AvgIpc) is 1.92. The summed E-state index contributed by atoms with van der Waals surface area (Å²) < 4.78 is 0. The summed E-state index contributed by atoms with van der Waals surface area (Å²) >= 11 is 0. The summed E-state index contributed by atoms with van der Waals surface area (Å²) in [4.78, 5) is 2.38. The maximum atomic E-state index is 3.46. The average molecular weight is 305 g/mol. The fraction of sp³-hybridized carbons (Fsp3) is 1.00. The first kappa shape index (κ1) is 29.0. The molecule has 0 radical (unpaired) electrons. The van der Waals surface area contributed by atoms with Gasteiger partial charge in [-0.25, -0.2) is 0 Å². The second kappa shape index (κ2) is 9.15. The van der Waals surface area contributed by atoms with E-state index in [9.17, 15) is 0 Å². The van der Waals surface area contributed by atoms with Gasteiger partial charge in [-0.1, -0.05) is 14.9 Å². The van der Waals surface area contributed by atoms with Crippen LogP contribution in [0, 0.1) is 0 Å². The lowest BCUT2D eigenvalue weighted by Crippen LogP contribution is -2.49. The van der Waals surface area contributed by atoms with E-state index in [0.29, 0.717) is 0 Å². The maximum absolute atomic E-state index is 3.46. The molecule has 0 aliphatic rings. The minimum Gasteiger partial charge on any atom is -0.307 e. The van der Waals surface area contributed by atoms with Gasteiger partial charge in [0.25, 0.3) is 0 Å². The zero-order valence-electron chi connectivity index (χ0n) is 15.9. The van der Waals surface area contributed by atoms with Crippen molar-refractivity contribution >= 4 is 0 Å². The lowest BCUT2D eigenvalue weighted by molar-refractivity contribution is 0.0700. The number of nitrogens with zero attached hydrogens (tertiary/aromatic N) is 1. The van der Waals surface area contributed by atoms with E-state index < -0.39 is 0 Å². The molecule has 2 heteroatoms. The van der Waals surface area contributed by atoms with Crippen molar-refractivity contribution in [2.75, 3.05) is 7.05 Å². The number of hydrogen-bond acceptors (Lipinski definition) is 2. The molecule has 0 rings (SSSR count). The molecule has 0 unspecified atom stereocenters. The van der Waals surface area contributed by atoms with E-state index in [2.05, 4.69) is 100 Å². The molecule has 0 aromatic carbocycles. The van der Waals surface area contributed by atoms with E-state index in [0.717, 1.165) is 0 Å². The summed E-state index contributed by atoms with van der Waals surface area (Å²) in [6.45, 7) is 26.5. The highest BCUT2D eigenvalue weighted by Crippen LogP contribution is 2.21. The Kier molecular flexibility index (Phi) is 12.6. The predicted molar refractivity (Wildman–Crippen MR) is 103 cm³/mol. The van der Waals surface area contributed by atoms with Crippen LogP contribution in [0.3, 0.4) is 0 Å². The third-order valence-corrected chi connectivity index (χ3v) is 2.76. The molecule has 0 saturated heterocycles. The molecule has 0 aliphatic heterocycles. The van der Waals surface area contributed by atoms with E-state index in [1.165, 1.54) is 0 Å². The Balaban J connectivity index is -0.000000126. The zero-order valence-corrected chi connectivity index (χ0v) is 15.9. The molecular weight excluding hydrogens is 256 g/mol. The molecule has 0 saturated carbocycles. The quantitative estimate of drug-likeness (QED) is 0.594. The summed E-state index contributed by atoms with van der Waals surface area (Å²) in [6.07, 6.45) is 0. The molecule has 0 bridgehead atoms. The van der Waals surface area contributed by atoms with Gasteiger partial charge in [-0.3, -0.25) is 4.90 Å². The van der Waals surface area contributed by atoms with Crippen LogP contribution >= 0.6 is 0 Å². The van der Waals surface area contributed by atoms with Crippen LogP contribution in [0.4, 0.5) is 0 Å². The van der Waals surface area contributed by atoms with Crippen LogP contribution in [0.1, 0.15) is 97.9 Å². The fourth-order valence-electron chi connectivity index (χ4n) is 2.13. The Morgan fingerprint density at radius 1 is 0.524 bits per heavy atom. The normalized spacial score (nSPS) is 12.9. The van der Waals surface area contributed by atoms with Gasteiger partial charge in [0.1, 0.15) is 0 Å². The van der Waals surface area contributed by atoms with Crippen LogP contribution in [0.2, 0.25) is 0 Å². The molecule has 1 N–H and O–H groups in total. The molecule has 0 fully saturated rings. The van der Waals surface area contributed by atoms with Gasteiger partial charge >= 0.3 is 0 Å². The minimum atomic E-state index is 0. The number of nitrogens with one attached hydrogen (secondary N) is 1. The van der Waals surface area contributed by atoms with Gasteiger partial charge in [-0.05, 0) is 90.1 Å². The molecule has 0 aromatic rings. The van der Waals surface area contributed by atoms with E-state index in [1.807, 2.05) is 0 Å². The van der Waals surface area contributed by atoms with Crippen LogP contribution < -0.4 is 5.32 Å². The largest absolute Gasteiger partial charge is 0.307 e.